The largest absolute Gasteiger partial charge is 0.491 e. The molecule has 0 amide bonds. The van der Waals surface area contributed by atoms with Crippen LogP contribution < -0.4 is 10.5 Å². The fraction of sp³-hybridized carbons (Fsp3) is 0.571. The molecule has 0 aliphatic heterocycles. The first-order chi connectivity index (χ1) is 8.67. The standard InChI is InChI=1S/C14H23NO3/c1-11(2)18-13-6-3-5-12(9-13)14(10-15)17-8-4-7-16/h3,5-6,9,11,14,16H,4,7-8,10,15H2,1-2H3. The van der Waals surface area contributed by atoms with Gasteiger partial charge < -0.3 is 20.3 Å². The van der Waals surface area contributed by atoms with Crippen LogP contribution in [0.2, 0.25) is 0 Å². The van der Waals surface area contributed by atoms with E-state index in [1.54, 1.807) is 0 Å². The van der Waals surface area contributed by atoms with Gasteiger partial charge in [0.25, 0.3) is 0 Å². The number of benzene rings is 1. The zero-order valence-electron chi connectivity index (χ0n) is 11.1. The van der Waals surface area contributed by atoms with Crippen LogP contribution in [0.1, 0.15) is 31.9 Å². The summed E-state index contributed by atoms with van der Waals surface area (Å²) in [6.45, 7) is 5.04. The van der Waals surface area contributed by atoms with Gasteiger partial charge in [-0.1, -0.05) is 12.1 Å². The number of hydrogen-bond acceptors (Lipinski definition) is 4. The van der Waals surface area contributed by atoms with Gasteiger partial charge >= 0.3 is 0 Å². The normalized spacial score (nSPS) is 12.7. The number of nitrogens with two attached hydrogens (primary N) is 1. The van der Waals surface area contributed by atoms with Crippen molar-refractivity contribution >= 4 is 0 Å². The molecule has 4 nitrogen and oxygen atoms in total. The van der Waals surface area contributed by atoms with E-state index in [9.17, 15) is 0 Å². The maximum absolute atomic E-state index is 8.73. The molecule has 0 fully saturated rings. The Morgan fingerprint density at radius 2 is 2.11 bits per heavy atom. The minimum absolute atomic E-state index is 0.133. The monoisotopic (exact) mass is 253 g/mol. The van der Waals surface area contributed by atoms with E-state index < -0.39 is 0 Å². The van der Waals surface area contributed by atoms with Gasteiger partial charge in [0.05, 0.1) is 12.2 Å². The molecule has 1 atom stereocenters. The molecule has 1 unspecified atom stereocenters. The van der Waals surface area contributed by atoms with Gasteiger partial charge in [-0.25, -0.2) is 0 Å². The molecule has 0 heterocycles. The fourth-order valence-corrected chi connectivity index (χ4v) is 1.65. The highest BCUT2D eigenvalue weighted by Crippen LogP contribution is 2.22. The molecule has 0 aliphatic rings. The Balaban J connectivity index is 2.66. The third-order valence-electron chi connectivity index (χ3n) is 2.44. The van der Waals surface area contributed by atoms with E-state index in [0.717, 1.165) is 11.3 Å². The van der Waals surface area contributed by atoms with Crippen molar-refractivity contribution in [2.24, 2.45) is 5.73 Å². The van der Waals surface area contributed by atoms with E-state index in [2.05, 4.69) is 0 Å². The van der Waals surface area contributed by atoms with Crippen molar-refractivity contribution in [2.75, 3.05) is 19.8 Å². The predicted octanol–water partition coefficient (Wildman–Crippen LogP) is 1.87. The van der Waals surface area contributed by atoms with Gasteiger partial charge in [0, 0.05) is 19.8 Å². The van der Waals surface area contributed by atoms with Crippen LogP contribution in [0.5, 0.6) is 5.75 Å². The van der Waals surface area contributed by atoms with Gasteiger partial charge in [-0.3, -0.25) is 0 Å². The number of aliphatic hydroxyl groups is 1. The van der Waals surface area contributed by atoms with Crippen LogP contribution in [-0.2, 0) is 4.74 Å². The topological polar surface area (TPSA) is 64.7 Å². The smallest absolute Gasteiger partial charge is 0.120 e. The molecule has 4 heteroatoms. The predicted molar refractivity (Wildman–Crippen MR) is 71.7 cm³/mol. The van der Waals surface area contributed by atoms with Crippen LogP contribution in [0.3, 0.4) is 0 Å². The Morgan fingerprint density at radius 1 is 1.33 bits per heavy atom. The molecule has 1 rings (SSSR count). The lowest BCUT2D eigenvalue weighted by molar-refractivity contribution is 0.0486. The quantitative estimate of drug-likeness (QED) is 0.694. The van der Waals surface area contributed by atoms with Crippen molar-refractivity contribution in [1.29, 1.82) is 0 Å². The second kappa shape index (κ2) is 8.08. The zero-order valence-corrected chi connectivity index (χ0v) is 11.1. The van der Waals surface area contributed by atoms with Gasteiger partial charge in [-0.05, 0) is 38.0 Å². The number of ether oxygens (including phenoxy) is 2. The van der Waals surface area contributed by atoms with Crippen molar-refractivity contribution < 1.29 is 14.6 Å². The van der Waals surface area contributed by atoms with Crippen molar-refractivity contribution in [3.8, 4) is 5.75 Å². The highest BCUT2D eigenvalue weighted by molar-refractivity contribution is 5.30. The van der Waals surface area contributed by atoms with Crippen molar-refractivity contribution in [1.82, 2.24) is 0 Å². The first-order valence-electron chi connectivity index (χ1n) is 6.36. The molecule has 0 saturated heterocycles. The molecule has 0 aliphatic carbocycles. The summed E-state index contributed by atoms with van der Waals surface area (Å²) in [6, 6.07) is 7.79. The van der Waals surface area contributed by atoms with Crippen molar-refractivity contribution in [2.45, 2.75) is 32.5 Å². The SMILES string of the molecule is CC(C)Oc1cccc(C(CN)OCCCO)c1. The summed E-state index contributed by atoms with van der Waals surface area (Å²) in [6.07, 6.45) is 0.623. The third-order valence-corrected chi connectivity index (χ3v) is 2.44. The minimum Gasteiger partial charge on any atom is -0.491 e. The summed E-state index contributed by atoms with van der Waals surface area (Å²) in [4.78, 5) is 0. The molecule has 1 aromatic rings. The van der Waals surface area contributed by atoms with Crippen LogP contribution in [-0.4, -0.2) is 31.0 Å². The van der Waals surface area contributed by atoms with Crippen LogP contribution >= 0.6 is 0 Å². The Hall–Kier alpha value is -1.10. The van der Waals surface area contributed by atoms with E-state index in [0.29, 0.717) is 19.6 Å². The van der Waals surface area contributed by atoms with E-state index in [4.69, 9.17) is 20.3 Å². The van der Waals surface area contributed by atoms with E-state index >= 15 is 0 Å². The summed E-state index contributed by atoms with van der Waals surface area (Å²) in [5, 5.41) is 8.73. The summed E-state index contributed by atoms with van der Waals surface area (Å²) >= 11 is 0. The number of hydrogen-bond donors (Lipinski definition) is 2. The lowest BCUT2D eigenvalue weighted by atomic mass is 10.1. The molecule has 3 N–H and O–H groups in total. The maximum Gasteiger partial charge on any atom is 0.120 e. The Morgan fingerprint density at radius 3 is 2.72 bits per heavy atom. The van der Waals surface area contributed by atoms with Crippen LogP contribution in [0, 0.1) is 0 Å². The van der Waals surface area contributed by atoms with E-state index in [-0.39, 0.29) is 18.8 Å². The highest BCUT2D eigenvalue weighted by atomic mass is 16.5. The molecule has 0 bridgehead atoms. The van der Waals surface area contributed by atoms with Gasteiger partial charge in [0.15, 0.2) is 0 Å². The van der Waals surface area contributed by atoms with E-state index in [1.165, 1.54) is 0 Å². The molecular weight excluding hydrogens is 230 g/mol. The molecule has 18 heavy (non-hydrogen) atoms. The lowest BCUT2D eigenvalue weighted by Gasteiger charge is -2.18. The summed E-state index contributed by atoms with van der Waals surface area (Å²) < 4.78 is 11.3. The van der Waals surface area contributed by atoms with Crippen LogP contribution in [0.4, 0.5) is 0 Å². The summed E-state index contributed by atoms with van der Waals surface area (Å²) in [5.74, 6) is 0.826. The average Bonchev–Trinajstić information content (AvgIpc) is 2.34. The van der Waals surface area contributed by atoms with Gasteiger partial charge in [-0.15, -0.1) is 0 Å². The second-order valence-corrected chi connectivity index (χ2v) is 4.41. The van der Waals surface area contributed by atoms with Crippen LogP contribution in [0.25, 0.3) is 0 Å². The van der Waals surface area contributed by atoms with E-state index in [1.807, 2.05) is 38.1 Å². The second-order valence-electron chi connectivity index (χ2n) is 4.41. The minimum atomic E-state index is -0.146. The van der Waals surface area contributed by atoms with Gasteiger partial charge in [0.1, 0.15) is 5.75 Å². The van der Waals surface area contributed by atoms with Crippen LogP contribution in [0.15, 0.2) is 24.3 Å². The fourth-order valence-electron chi connectivity index (χ4n) is 1.65. The molecule has 1 aromatic carbocycles. The Labute approximate surface area is 109 Å². The highest BCUT2D eigenvalue weighted by Gasteiger charge is 2.11. The molecule has 0 saturated carbocycles. The Kier molecular flexibility index (Phi) is 6.72. The number of aliphatic hydroxyl groups excluding tert-OH is 1. The third kappa shape index (κ3) is 5.04. The molecule has 0 spiro atoms. The molecular formula is C14H23NO3. The van der Waals surface area contributed by atoms with Crippen molar-refractivity contribution in [3.05, 3.63) is 29.8 Å². The van der Waals surface area contributed by atoms with Gasteiger partial charge in [-0.2, -0.15) is 0 Å². The number of rotatable bonds is 8. The first-order valence-corrected chi connectivity index (χ1v) is 6.36. The molecule has 102 valence electrons. The maximum atomic E-state index is 8.73. The van der Waals surface area contributed by atoms with Gasteiger partial charge in [0.2, 0.25) is 0 Å². The molecule has 0 aromatic heterocycles. The van der Waals surface area contributed by atoms with Crippen molar-refractivity contribution in [3.63, 3.8) is 0 Å². The Bertz CT molecular complexity index is 342. The summed E-state index contributed by atoms with van der Waals surface area (Å²) in [7, 11) is 0. The average molecular weight is 253 g/mol. The summed E-state index contributed by atoms with van der Waals surface area (Å²) in [5.41, 5.74) is 6.72. The zero-order chi connectivity index (χ0) is 13.4. The lowest BCUT2D eigenvalue weighted by Crippen LogP contribution is -2.17. The molecule has 0 radical (unpaired) electrons. The first kappa shape index (κ1) is 15.0.